The van der Waals surface area contributed by atoms with E-state index in [1.807, 2.05) is 0 Å². The van der Waals surface area contributed by atoms with E-state index < -0.39 is 43.7 Å². The van der Waals surface area contributed by atoms with Gasteiger partial charge in [0.05, 0.1) is 27.9 Å². The highest BCUT2D eigenvalue weighted by Crippen LogP contribution is 2.32. The summed E-state index contributed by atoms with van der Waals surface area (Å²) in [4.78, 5) is 41.7. The zero-order valence-electron chi connectivity index (χ0n) is 10.2. The number of hydrogen-bond acceptors (Lipinski definition) is 6. The van der Waals surface area contributed by atoms with Crippen LogP contribution in [0.25, 0.3) is 0 Å². The lowest BCUT2D eigenvalue weighted by Crippen LogP contribution is -2.26. The molecule has 112 valence electrons. The van der Waals surface area contributed by atoms with Crippen LogP contribution in [0.15, 0.2) is 12.1 Å². The summed E-state index contributed by atoms with van der Waals surface area (Å²) in [7, 11) is 0. The molecule has 0 radical (unpaired) electrons. The van der Waals surface area contributed by atoms with Gasteiger partial charge in [0, 0.05) is 12.6 Å². The lowest BCUT2D eigenvalue weighted by Gasteiger charge is -2.06. The first-order chi connectivity index (χ1) is 9.73. The second kappa shape index (κ2) is 6.61. The molecule has 0 unspecified atom stereocenters. The van der Waals surface area contributed by atoms with Crippen LogP contribution in [-0.4, -0.2) is 33.4 Å². The molecule has 1 aromatic rings. The number of carboxylic acids is 1. The zero-order valence-corrected chi connectivity index (χ0v) is 11.0. The molecule has 0 aliphatic rings. The van der Waals surface area contributed by atoms with Crippen molar-refractivity contribution < 1.29 is 24.5 Å². The number of halogens is 1. The number of non-ortho nitro benzene ring substituents is 1. The highest BCUT2D eigenvalue weighted by molar-refractivity contribution is 6.36. The summed E-state index contributed by atoms with van der Waals surface area (Å²) < 4.78 is 0. The van der Waals surface area contributed by atoms with Crippen LogP contribution >= 0.6 is 11.6 Å². The number of nitro benzene ring substituents is 2. The lowest BCUT2D eigenvalue weighted by molar-refractivity contribution is -0.394. The molecule has 0 aromatic heterocycles. The predicted octanol–water partition coefficient (Wildman–Crippen LogP) is 1.36. The van der Waals surface area contributed by atoms with E-state index in [0.29, 0.717) is 6.07 Å². The highest BCUT2D eigenvalue weighted by Gasteiger charge is 2.26. The number of carbonyl (C=O) groups excluding carboxylic acids is 1. The number of carbonyl (C=O) groups is 2. The Labute approximate surface area is 121 Å². The van der Waals surface area contributed by atoms with E-state index in [1.54, 1.807) is 0 Å². The van der Waals surface area contributed by atoms with Crippen molar-refractivity contribution >= 4 is 34.9 Å². The van der Waals surface area contributed by atoms with Gasteiger partial charge in [-0.2, -0.15) is 0 Å². The van der Waals surface area contributed by atoms with Crippen LogP contribution in [0.4, 0.5) is 11.4 Å². The molecule has 10 nitrogen and oxygen atoms in total. The van der Waals surface area contributed by atoms with E-state index in [-0.39, 0.29) is 13.0 Å². The molecule has 0 aliphatic carbocycles. The van der Waals surface area contributed by atoms with Crippen molar-refractivity contribution in [2.45, 2.75) is 6.42 Å². The standard InChI is InChI=1S/C10H8ClN3O7/c11-9-6(10(17)12-2-1-8(15)16)3-5(13(18)19)4-7(9)14(20)21/h3-4H,1-2H2,(H,12,17)(H,15,16). The van der Waals surface area contributed by atoms with Gasteiger partial charge in [0.1, 0.15) is 5.02 Å². The average molecular weight is 318 g/mol. The molecule has 1 aromatic carbocycles. The SMILES string of the molecule is O=C(O)CCNC(=O)c1cc([N+](=O)[O-])cc([N+](=O)[O-])c1Cl. The first-order valence-electron chi connectivity index (χ1n) is 5.36. The van der Waals surface area contributed by atoms with Gasteiger partial charge in [-0.05, 0) is 0 Å². The van der Waals surface area contributed by atoms with Gasteiger partial charge in [-0.1, -0.05) is 11.6 Å². The minimum atomic E-state index is -1.16. The Hall–Kier alpha value is -2.75. The van der Waals surface area contributed by atoms with Crippen LogP contribution in [0.2, 0.25) is 5.02 Å². The molecule has 0 saturated heterocycles. The van der Waals surface area contributed by atoms with Gasteiger partial charge < -0.3 is 10.4 Å². The van der Waals surface area contributed by atoms with E-state index in [9.17, 15) is 29.8 Å². The van der Waals surface area contributed by atoms with Gasteiger partial charge in [0.2, 0.25) is 0 Å². The summed E-state index contributed by atoms with van der Waals surface area (Å²) in [5.74, 6) is -2.10. The van der Waals surface area contributed by atoms with Gasteiger partial charge in [-0.15, -0.1) is 0 Å². The highest BCUT2D eigenvalue weighted by atomic mass is 35.5. The number of aliphatic carboxylic acids is 1. The molecule has 0 aliphatic heterocycles. The Morgan fingerprint density at radius 2 is 1.86 bits per heavy atom. The molecule has 2 N–H and O–H groups in total. The lowest BCUT2D eigenvalue weighted by atomic mass is 10.1. The van der Waals surface area contributed by atoms with E-state index in [1.165, 1.54) is 0 Å². The monoisotopic (exact) mass is 317 g/mol. The smallest absolute Gasteiger partial charge is 0.305 e. The summed E-state index contributed by atoms with van der Waals surface area (Å²) in [6.07, 6.45) is -0.375. The molecule has 0 spiro atoms. The van der Waals surface area contributed by atoms with Crippen LogP contribution in [0.5, 0.6) is 0 Å². The van der Waals surface area contributed by atoms with Gasteiger partial charge in [0.25, 0.3) is 17.3 Å². The third-order valence-electron chi connectivity index (χ3n) is 2.31. The second-order valence-electron chi connectivity index (χ2n) is 3.74. The van der Waals surface area contributed by atoms with Crippen LogP contribution in [0, 0.1) is 20.2 Å². The Morgan fingerprint density at radius 3 is 2.33 bits per heavy atom. The van der Waals surface area contributed by atoms with Crippen LogP contribution in [0.3, 0.4) is 0 Å². The topological polar surface area (TPSA) is 153 Å². The van der Waals surface area contributed by atoms with E-state index in [2.05, 4.69) is 5.32 Å². The van der Waals surface area contributed by atoms with Gasteiger partial charge in [-0.3, -0.25) is 29.8 Å². The van der Waals surface area contributed by atoms with Crippen molar-refractivity contribution in [3.05, 3.63) is 42.9 Å². The van der Waals surface area contributed by atoms with Crippen molar-refractivity contribution in [3.8, 4) is 0 Å². The molecule has 21 heavy (non-hydrogen) atoms. The molecule has 0 heterocycles. The van der Waals surface area contributed by atoms with Gasteiger partial charge in [0.15, 0.2) is 0 Å². The number of nitro groups is 2. The molecule has 0 bridgehead atoms. The largest absolute Gasteiger partial charge is 0.481 e. The number of hydrogen-bond donors (Lipinski definition) is 2. The summed E-state index contributed by atoms with van der Waals surface area (Å²) in [6, 6.07) is 1.42. The minimum Gasteiger partial charge on any atom is -0.481 e. The molecule has 1 amide bonds. The Bertz CT molecular complexity index is 631. The summed E-state index contributed by atoms with van der Waals surface area (Å²) in [5.41, 5.74) is -1.92. The maximum atomic E-state index is 11.8. The van der Waals surface area contributed by atoms with Crippen molar-refractivity contribution in [1.29, 1.82) is 0 Å². The van der Waals surface area contributed by atoms with E-state index in [0.717, 1.165) is 6.07 Å². The van der Waals surface area contributed by atoms with Crippen LogP contribution in [-0.2, 0) is 4.79 Å². The molecule has 0 atom stereocenters. The van der Waals surface area contributed by atoms with Crippen LogP contribution < -0.4 is 5.32 Å². The number of rotatable bonds is 6. The van der Waals surface area contributed by atoms with Crippen molar-refractivity contribution in [2.24, 2.45) is 0 Å². The third kappa shape index (κ3) is 4.11. The van der Waals surface area contributed by atoms with Crippen LogP contribution in [0.1, 0.15) is 16.8 Å². The fourth-order valence-corrected chi connectivity index (χ4v) is 1.64. The number of nitrogens with zero attached hydrogens (tertiary/aromatic N) is 2. The quantitative estimate of drug-likeness (QED) is 0.593. The van der Waals surface area contributed by atoms with E-state index >= 15 is 0 Å². The minimum absolute atomic E-state index is 0.249. The van der Waals surface area contributed by atoms with Gasteiger partial charge in [-0.25, -0.2) is 0 Å². The molecular formula is C10H8ClN3O7. The molecule has 1 rings (SSSR count). The summed E-state index contributed by atoms with van der Waals surface area (Å²) >= 11 is 5.68. The number of nitrogens with one attached hydrogen (secondary N) is 1. The predicted molar refractivity (Wildman–Crippen MR) is 69.3 cm³/mol. The summed E-state index contributed by atoms with van der Waals surface area (Å²) in [5, 5.41) is 31.5. The van der Waals surface area contributed by atoms with Crippen molar-refractivity contribution in [2.75, 3.05) is 6.54 Å². The molecule has 11 heteroatoms. The first kappa shape index (κ1) is 16.3. The summed E-state index contributed by atoms with van der Waals surface area (Å²) in [6.45, 7) is -0.249. The number of benzene rings is 1. The maximum Gasteiger partial charge on any atom is 0.305 e. The van der Waals surface area contributed by atoms with Gasteiger partial charge >= 0.3 is 5.97 Å². The third-order valence-corrected chi connectivity index (χ3v) is 2.71. The molecular weight excluding hydrogens is 310 g/mol. The first-order valence-corrected chi connectivity index (χ1v) is 5.74. The Morgan fingerprint density at radius 1 is 1.24 bits per heavy atom. The maximum absolute atomic E-state index is 11.8. The fraction of sp³-hybridized carbons (Fsp3) is 0.200. The van der Waals surface area contributed by atoms with Crippen molar-refractivity contribution in [3.63, 3.8) is 0 Å². The average Bonchev–Trinajstić information content (AvgIpc) is 2.37. The zero-order chi connectivity index (χ0) is 16.2. The van der Waals surface area contributed by atoms with E-state index in [4.69, 9.17) is 16.7 Å². The fourth-order valence-electron chi connectivity index (χ4n) is 1.38. The second-order valence-corrected chi connectivity index (χ2v) is 4.12. The molecule has 0 saturated carbocycles. The normalized spacial score (nSPS) is 9.95. The number of carboxylic acid groups (broad SMARTS) is 1. The molecule has 0 fully saturated rings. The Kier molecular flexibility index (Phi) is 5.13. The Balaban J connectivity index is 3.15. The van der Waals surface area contributed by atoms with Crippen molar-refractivity contribution in [1.82, 2.24) is 5.32 Å². The number of amides is 1.